The molecule has 0 bridgehead atoms. The maximum absolute atomic E-state index is 12.7. The lowest BCUT2D eigenvalue weighted by Gasteiger charge is -2.18. The van der Waals surface area contributed by atoms with E-state index in [-0.39, 0.29) is 46.7 Å². The SMILES string of the molecule is Cc1oc(C(=O)NC2CCCC2CN)cc1S(=O)(=O)N1CCCC1.Cl. The maximum atomic E-state index is 12.7. The quantitative estimate of drug-likeness (QED) is 0.793. The standard InChI is InChI=1S/C16H25N3O4S.ClH/c1-11-15(24(21,22)19-7-2-3-8-19)9-14(23-11)16(20)18-13-6-4-5-12(13)10-17;/h9,12-13H,2-8,10,17H2,1H3,(H,18,20);1H. The molecule has 25 heavy (non-hydrogen) atoms. The predicted molar refractivity (Wildman–Crippen MR) is 96.3 cm³/mol. The van der Waals surface area contributed by atoms with Crippen LogP contribution in [-0.4, -0.2) is 44.3 Å². The van der Waals surface area contributed by atoms with Crippen molar-refractivity contribution in [2.75, 3.05) is 19.6 Å². The van der Waals surface area contributed by atoms with Crippen LogP contribution in [0.4, 0.5) is 0 Å². The minimum Gasteiger partial charge on any atom is -0.455 e. The van der Waals surface area contributed by atoms with Crippen LogP contribution in [0.15, 0.2) is 15.4 Å². The normalized spacial score (nSPS) is 24.2. The van der Waals surface area contributed by atoms with E-state index in [9.17, 15) is 13.2 Å². The lowest BCUT2D eigenvalue weighted by molar-refractivity contribution is 0.0899. The fourth-order valence-corrected chi connectivity index (χ4v) is 5.33. The van der Waals surface area contributed by atoms with Crippen molar-refractivity contribution in [2.45, 2.75) is 50.0 Å². The Hall–Kier alpha value is -1.09. The second-order valence-electron chi connectivity index (χ2n) is 6.65. The minimum atomic E-state index is -3.59. The van der Waals surface area contributed by atoms with E-state index in [1.165, 1.54) is 10.4 Å². The largest absolute Gasteiger partial charge is 0.455 e. The average Bonchev–Trinajstić information content (AvgIpc) is 3.27. The third-order valence-electron chi connectivity index (χ3n) is 5.06. The van der Waals surface area contributed by atoms with E-state index in [4.69, 9.17) is 10.2 Å². The van der Waals surface area contributed by atoms with Crippen molar-refractivity contribution in [3.63, 3.8) is 0 Å². The van der Waals surface area contributed by atoms with Gasteiger partial charge in [0.05, 0.1) is 0 Å². The van der Waals surface area contributed by atoms with Crippen molar-refractivity contribution < 1.29 is 17.6 Å². The summed E-state index contributed by atoms with van der Waals surface area (Å²) < 4.78 is 32.2. The van der Waals surface area contributed by atoms with Crippen LogP contribution in [0.3, 0.4) is 0 Å². The van der Waals surface area contributed by atoms with Gasteiger partial charge < -0.3 is 15.5 Å². The fraction of sp³-hybridized carbons (Fsp3) is 0.688. The van der Waals surface area contributed by atoms with Gasteiger partial charge in [0.1, 0.15) is 10.7 Å². The first-order valence-corrected chi connectivity index (χ1v) is 9.99. The van der Waals surface area contributed by atoms with Gasteiger partial charge in [0.25, 0.3) is 5.91 Å². The molecule has 1 aromatic rings. The van der Waals surface area contributed by atoms with Gasteiger partial charge in [-0.1, -0.05) is 6.42 Å². The van der Waals surface area contributed by atoms with E-state index in [2.05, 4.69) is 5.32 Å². The first-order valence-electron chi connectivity index (χ1n) is 8.55. The number of sulfonamides is 1. The molecule has 3 rings (SSSR count). The molecule has 2 aliphatic rings. The van der Waals surface area contributed by atoms with Crippen molar-refractivity contribution in [3.05, 3.63) is 17.6 Å². The highest BCUT2D eigenvalue weighted by atomic mass is 35.5. The molecule has 1 amide bonds. The number of hydrogen-bond acceptors (Lipinski definition) is 5. The highest BCUT2D eigenvalue weighted by Crippen LogP contribution is 2.28. The average molecular weight is 392 g/mol. The molecule has 142 valence electrons. The van der Waals surface area contributed by atoms with Crippen LogP contribution in [0.5, 0.6) is 0 Å². The van der Waals surface area contributed by atoms with Gasteiger partial charge >= 0.3 is 0 Å². The summed E-state index contributed by atoms with van der Waals surface area (Å²) in [5.41, 5.74) is 5.73. The minimum absolute atomic E-state index is 0. The van der Waals surface area contributed by atoms with E-state index in [0.717, 1.165) is 32.1 Å². The maximum Gasteiger partial charge on any atom is 0.287 e. The highest BCUT2D eigenvalue weighted by molar-refractivity contribution is 7.89. The Morgan fingerprint density at radius 1 is 1.32 bits per heavy atom. The zero-order valence-electron chi connectivity index (χ0n) is 14.4. The smallest absolute Gasteiger partial charge is 0.287 e. The Morgan fingerprint density at radius 3 is 2.64 bits per heavy atom. The van der Waals surface area contributed by atoms with Gasteiger partial charge in [-0.05, 0) is 45.1 Å². The number of carbonyl (C=O) groups excluding carboxylic acids is 1. The van der Waals surface area contributed by atoms with Crippen LogP contribution in [0.25, 0.3) is 0 Å². The van der Waals surface area contributed by atoms with Crippen LogP contribution < -0.4 is 11.1 Å². The van der Waals surface area contributed by atoms with E-state index >= 15 is 0 Å². The zero-order chi connectivity index (χ0) is 17.3. The van der Waals surface area contributed by atoms with E-state index in [1.54, 1.807) is 6.92 Å². The summed E-state index contributed by atoms with van der Waals surface area (Å²) in [7, 11) is -3.59. The molecule has 9 heteroatoms. The Kier molecular flexibility index (Phi) is 6.53. The number of nitrogens with zero attached hydrogens (tertiary/aromatic N) is 1. The molecule has 2 fully saturated rings. The second-order valence-corrected chi connectivity index (χ2v) is 8.56. The van der Waals surface area contributed by atoms with E-state index < -0.39 is 10.0 Å². The second kappa shape index (κ2) is 8.07. The van der Waals surface area contributed by atoms with Crippen molar-refractivity contribution in [1.29, 1.82) is 0 Å². The summed E-state index contributed by atoms with van der Waals surface area (Å²) >= 11 is 0. The zero-order valence-corrected chi connectivity index (χ0v) is 16.0. The molecular weight excluding hydrogens is 366 g/mol. The Bertz CT molecular complexity index is 713. The number of hydrogen-bond donors (Lipinski definition) is 2. The summed E-state index contributed by atoms with van der Waals surface area (Å²) in [5.74, 6) is 0.214. The number of aryl methyl sites for hydroxylation is 1. The molecule has 0 spiro atoms. The molecule has 7 nitrogen and oxygen atoms in total. The van der Waals surface area contributed by atoms with E-state index in [0.29, 0.717) is 19.6 Å². The summed E-state index contributed by atoms with van der Waals surface area (Å²) in [6.07, 6.45) is 4.68. The molecule has 0 radical (unpaired) electrons. The molecule has 1 saturated heterocycles. The van der Waals surface area contributed by atoms with Crippen molar-refractivity contribution in [3.8, 4) is 0 Å². The van der Waals surface area contributed by atoms with Crippen LogP contribution in [0.2, 0.25) is 0 Å². The number of nitrogens with one attached hydrogen (secondary N) is 1. The Labute approximate surface area is 154 Å². The number of furan rings is 1. The Morgan fingerprint density at radius 2 is 2.00 bits per heavy atom. The van der Waals surface area contributed by atoms with Gasteiger partial charge in [0.15, 0.2) is 5.76 Å². The topological polar surface area (TPSA) is 106 Å². The number of carbonyl (C=O) groups is 1. The summed E-state index contributed by atoms with van der Waals surface area (Å²) in [4.78, 5) is 12.5. The number of nitrogens with two attached hydrogens (primary N) is 1. The molecule has 3 N–H and O–H groups in total. The highest BCUT2D eigenvalue weighted by Gasteiger charge is 2.33. The lowest BCUT2D eigenvalue weighted by atomic mass is 10.0. The third-order valence-corrected chi connectivity index (χ3v) is 7.06. The molecule has 1 aromatic heterocycles. The van der Waals surface area contributed by atoms with Crippen LogP contribution in [0, 0.1) is 12.8 Å². The molecule has 2 heterocycles. The first-order chi connectivity index (χ1) is 11.4. The van der Waals surface area contributed by atoms with Crippen LogP contribution in [0.1, 0.15) is 48.4 Å². The molecule has 2 unspecified atom stereocenters. The molecule has 1 aliphatic carbocycles. The third kappa shape index (κ3) is 4.02. The van der Waals surface area contributed by atoms with Gasteiger partial charge in [-0.25, -0.2) is 8.42 Å². The molecule has 1 saturated carbocycles. The van der Waals surface area contributed by atoms with Gasteiger partial charge in [0, 0.05) is 25.2 Å². The predicted octanol–water partition coefficient (Wildman–Crippen LogP) is 1.65. The monoisotopic (exact) mass is 391 g/mol. The molecular formula is C16H26ClN3O4S. The van der Waals surface area contributed by atoms with Gasteiger partial charge in [-0.2, -0.15) is 4.31 Å². The van der Waals surface area contributed by atoms with Crippen molar-refractivity contribution >= 4 is 28.3 Å². The number of rotatable bonds is 5. The molecule has 2 atom stereocenters. The fourth-order valence-electron chi connectivity index (χ4n) is 3.65. The van der Waals surface area contributed by atoms with Crippen molar-refractivity contribution in [2.24, 2.45) is 11.7 Å². The number of halogens is 1. The summed E-state index contributed by atoms with van der Waals surface area (Å²) in [6, 6.07) is 1.39. The van der Waals surface area contributed by atoms with Gasteiger partial charge in [0.2, 0.25) is 10.0 Å². The van der Waals surface area contributed by atoms with Gasteiger partial charge in [-0.3, -0.25) is 4.79 Å². The lowest BCUT2D eigenvalue weighted by Crippen LogP contribution is -2.39. The Balaban J connectivity index is 0.00000225. The van der Waals surface area contributed by atoms with Crippen LogP contribution in [-0.2, 0) is 10.0 Å². The first kappa shape index (κ1) is 20.2. The van der Waals surface area contributed by atoms with Crippen LogP contribution >= 0.6 is 12.4 Å². The summed E-state index contributed by atoms with van der Waals surface area (Å²) in [6.45, 7) is 3.16. The van der Waals surface area contributed by atoms with E-state index in [1.807, 2.05) is 0 Å². The van der Waals surface area contributed by atoms with Crippen molar-refractivity contribution in [1.82, 2.24) is 9.62 Å². The molecule has 1 aliphatic heterocycles. The number of amides is 1. The van der Waals surface area contributed by atoms with Gasteiger partial charge in [-0.15, -0.1) is 12.4 Å². The molecule has 0 aromatic carbocycles. The summed E-state index contributed by atoms with van der Waals surface area (Å²) in [5, 5.41) is 2.94.